The highest BCUT2D eigenvalue weighted by molar-refractivity contribution is 7.91. The fourth-order valence-corrected chi connectivity index (χ4v) is 5.44. The highest BCUT2D eigenvalue weighted by Gasteiger charge is 2.33. The standard InChI is InChI=1S/C21H21NO5S/c1-26-17-9-5-8-16-14-18(27-20(16)17)21(23)22-11-10-19(28(24,25)13-12-22)15-6-3-2-4-7-15/h2-9,14,19H,10-13H2,1H3. The van der Waals surface area contributed by atoms with E-state index in [9.17, 15) is 13.2 Å². The molecule has 0 N–H and O–H groups in total. The van der Waals surface area contributed by atoms with Crippen molar-refractivity contribution in [1.82, 2.24) is 4.90 Å². The number of furan rings is 1. The average Bonchev–Trinajstić information content (AvgIpc) is 3.08. The molecule has 1 atom stereocenters. The van der Waals surface area contributed by atoms with Crippen molar-refractivity contribution in [2.45, 2.75) is 11.7 Å². The van der Waals surface area contributed by atoms with Crippen LogP contribution >= 0.6 is 0 Å². The largest absolute Gasteiger partial charge is 0.493 e. The molecule has 0 aliphatic carbocycles. The van der Waals surface area contributed by atoms with Crippen molar-refractivity contribution < 1.29 is 22.4 Å². The SMILES string of the molecule is COc1cccc2cc(C(=O)N3CCC(c4ccccc4)S(=O)(=O)CC3)oc12. The maximum absolute atomic E-state index is 13.0. The lowest BCUT2D eigenvalue weighted by Crippen LogP contribution is -2.33. The van der Waals surface area contributed by atoms with Gasteiger partial charge in [-0.3, -0.25) is 4.79 Å². The lowest BCUT2D eigenvalue weighted by Gasteiger charge is -2.18. The first-order valence-electron chi connectivity index (χ1n) is 9.12. The highest BCUT2D eigenvalue weighted by atomic mass is 32.2. The second-order valence-electron chi connectivity index (χ2n) is 6.84. The average molecular weight is 399 g/mol. The lowest BCUT2D eigenvalue weighted by molar-refractivity contribution is 0.0737. The zero-order valence-electron chi connectivity index (χ0n) is 15.5. The Balaban J connectivity index is 1.60. The van der Waals surface area contributed by atoms with Crippen LogP contribution in [0.25, 0.3) is 11.0 Å². The van der Waals surface area contributed by atoms with E-state index < -0.39 is 15.1 Å². The van der Waals surface area contributed by atoms with Crippen LogP contribution in [0, 0.1) is 0 Å². The summed E-state index contributed by atoms with van der Waals surface area (Å²) < 4.78 is 36.5. The molecule has 0 bridgehead atoms. The van der Waals surface area contributed by atoms with Crippen molar-refractivity contribution in [3.8, 4) is 5.75 Å². The van der Waals surface area contributed by atoms with Crippen LogP contribution in [0.5, 0.6) is 5.75 Å². The Kier molecular flexibility index (Phi) is 4.85. The van der Waals surface area contributed by atoms with Gasteiger partial charge in [-0.2, -0.15) is 0 Å². The number of para-hydroxylation sites is 1. The van der Waals surface area contributed by atoms with Crippen LogP contribution in [-0.4, -0.2) is 45.2 Å². The molecule has 6 nitrogen and oxygen atoms in total. The third kappa shape index (κ3) is 3.38. The number of ether oxygens (including phenoxy) is 1. The Morgan fingerprint density at radius 1 is 1.11 bits per heavy atom. The second kappa shape index (κ2) is 7.31. The number of benzene rings is 2. The topological polar surface area (TPSA) is 76.8 Å². The van der Waals surface area contributed by atoms with E-state index in [1.165, 1.54) is 0 Å². The molecule has 1 aliphatic heterocycles. The van der Waals surface area contributed by atoms with E-state index in [0.717, 1.165) is 10.9 Å². The quantitative estimate of drug-likeness (QED) is 0.674. The van der Waals surface area contributed by atoms with Gasteiger partial charge in [0.25, 0.3) is 5.91 Å². The molecule has 28 heavy (non-hydrogen) atoms. The van der Waals surface area contributed by atoms with E-state index in [-0.39, 0.29) is 24.0 Å². The molecular weight excluding hydrogens is 378 g/mol. The minimum Gasteiger partial charge on any atom is -0.493 e. The Morgan fingerprint density at radius 3 is 2.64 bits per heavy atom. The number of carbonyl (C=O) groups is 1. The van der Waals surface area contributed by atoms with Gasteiger partial charge in [0.1, 0.15) is 0 Å². The predicted octanol–water partition coefficient (Wildman–Crippen LogP) is 3.44. The van der Waals surface area contributed by atoms with E-state index in [1.807, 2.05) is 42.5 Å². The Labute approximate surface area is 163 Å². The summed E-state index contributed by atoms with van der Waals surface area (Å²) in [6.45, 7) is 0.504. The Hall–Kier alpha value is -2.80. The summed E-state index contributed by atoms with van der Waals surface area (Å²) in [5.41, 5.74) is 1.28. The van der Waals surface area contributed by atoms with Crippen molar-refractivity contribution >= 4 is 26.7 Å². The van der Waals surface area contributed by atoms with Crippen molar-refractivity contribution in [3.05, 3.63) is 65.9 Å². The maximum atomic E-state index is 13.0. The molecule has 7 heteroatoms. The van der Waals surface area contributed by atoms with Crippen LogP contribution in [0.4, 0.5) is 0 Å². The first-order valence-corrected chi connectivity index (χ1v) is 10.8. The van der Waals surface area contributed by atoms with E-state index in [2.05, 4.69) is 0 Å². The summed E-state index contributed by atoms with van der Waals surface area (Å²) >= 11 is 0. The van der Waals surface area contributed by atoms with Crippen molar-refractivity contribution in [1.29, 1.82) is 0 Å². The van der Waals surface area contributed by atoms with Gasteiger partial charge in [0.05, 0.1) is 18.1 Å². The van der Waals surface area contributed by atoms with Crippen molar-refractivity contribution in [2.75, 3.05) is 26.0 Å². The normalized spacial score (nSPS) is 19.3. The first kappa shape index (κ1) is 18.6. The van der Waals surface area contributed by atoms with Crippen LogP contribution in [0.2, 0.25) is 0 Å². The summed E-state index contributed by atoms with van der Waals surface area (Å²) in [5, 5.41) is 0.176. The van der Waals surface area contributed by atoms with E-state index in [1.54, 1.807) is 24.1 Å². The first-order chi connectivity index (χ1) is 13.5. The van der Waals surface area contributed by atoms with Crippen molar-refractivity contribution in [2.24, 2.45) is 0 Å². The Morgan fingerprint density at radius 2 is 1.89 bits per heavy atom. The second-order valence-corrected chi connectivity index (χ2v) is 9.14. The van der Waals surface area contributed by atoms with Gasteiger partial charge < -0.3 is 14.1 Å². The van der Waals surface area contributed by atoms with Gasteiger partial charge in [-0.1, -0.05) is 42.5 Å². The number of fused-ring (bicyclic) bond motifs is 1. The van der Waals surface area contributed by atoms with Gasteiger partial charge >= 0.3 is 0 Å². The summed E-state index contributed by atoms with van der Waals surface area (Å²) in [4.78, 5) is 14.5. The molecule has 4 rings (SSSR count). The number of carbonyl (C=O) groups excluding carboxylic acids is 1. The third-order valence-corrected chi connectivity index (χ3v) is 7.26. The molecule has 1 unspecified atom stereocenters. The molecule has 146 valence electrons. The molecule has 2 heterocycles. The molecular formula is C21H21NO5S. The van der Waals surface area contributed by atoms with Gasteiger partial charge in [0.2, 0.25) is 0 Å². The summed E-state index contributed by atoms with van der Waals surface area (Å²) in [7, 11) is -1.80. The van der Waals surface area contributed by atoms with E-state index in [0.29, 0.717) is 24.3 Å². The van der Waals surface area contributed by atoms with Gasteiger partial charge in [-0.15, -0.1) is 0 Å². The fraction of sp³-hybridized carbons (Fsp3) is 0.286. The number of methoxy groups -OCH3 is 1. The predicted molar refractivity (Wildman–Crippen MR) is 106 cm³/mol. The number of rotatable bonds is 3. The van der Waals surface area contributed by atoms with Crippen LogP contribution in [-0.2, 0) is 9.84 Å². The monoisotopic (exact) mass is 399 g/mol. The van der Waals surface area contributed by atoms with Gasteiger partial charge in [0, 0.05) is 18.5 Å². The van der Waals surface area contributed by atoms with Crippen LogP contribution in [0.15, 0.2) is 59.0 Å². The number of hydrogen-bond donors (Lipinski definition) is 0. The van der Waals surface area contributed by atoms with E-state index in [4.69, 9.17) is 9.15 Å². The summed E-state index contributed by atoms with van der Waals surface area (Å²) in [6, 6.07) is 16.3. The zero-order valence-corrected chi connectivity index (χ0v) is 16.3. The summed E-state index contributed by atoms with van der Waals surface area (Å²) in [6.07, 6.45) is 0.363. The number of sulfone groups is 1. The number of hydrogen-bond acceptors (Lipinski definition) is 5. The smallest absolute Gasteiger partial charge is 0.289 e. The molecule has 1 amide bonds. The van der Waals surface area contributed by atoms with Crippen LogP contribution in [0.3, 0.4) is 0 Å². The van der Waals surface area contributed by atoms with E-state index >= 15 is 0 Å². The zero-order chi connectivity index (χ0) is 19.7. The molecule has 1 aliphatic rings. The van der Waals surface area contributed by atoms with Crippen LogP contribution < -0.4 is 4.74 Å². The molecule has 2 aromatic carbocycles. The molecule has 0 spiro atoms. The number of amides is 1. The fourth-order valence-electron chi connectivity index (χ4n) is 3.65. The van der Waals surface area contributed by atoms with Gasteiger partial charge in [0.15, 0.2) is 26.9 Å². The van der Waals surface area contributed by atoms with Gasteiger partial charge in [-0.05, 0) is 24.1 Å². The third-order valence-electron chi connectivity index (χ3n) is 5.14. The molecule has 1 saturated heterocycles. The van der Waals surface area contributed by atoms with Crippen molar-refractivity contribution in [3.63, 3.8) is 0 Å². The maximum Gasteiger partial charge on any atom is 0.289 e. The molecule has 0 radical (unpaired) electrons. The van der Waals surface area contributed by atoms with Crippen LogP contribution in [0.1, 0.15) is 27.8 Å². The lowest BCUT2D eigenvalue weighted by atomic mass is 10.1. The van der Waals surface area contributed by atoms with Gasteiger partial charge in [-0.25, -0.2) is 8.42 Å². The molecule has 1 fully saturated rings. The number of nitrogens with zero attached hydrogens (tertiary/aromatic N) is 1. The minimum absolute atomic E-state index is 0.0676. The molecule has 1 aromatic heterocycles. The molecule has 3 aromatic rings. The molecule has 0 saturated carbocycles. The highest BCUT2D eigenvalue weighted by Crippen LogP contribution is 2.32. The minimum atomic E-state index is -3.34. The summed E-state index contributed by atoms with van der Waals surface area (Å²) in [5.74, 6) is 0.373. The Bertz CT molecular complexity index is 1100.